The molecule has 22 heavy (non-hydrogen) atoms. The Morgan fingerprint density at radius 2 is 1.91 bits per heavy atom. The quantitative estimate of drug-likeness (QED) is 0.597. The summed E-state index contributed by atoms with van der Waals surface area (Å²) in [6.45, 7) is 0. The highest BCUT2D eigenvalue weighted by Gasteiger charge is 2.61. The van der Waals surface area contributed by atoms with Crippen LogP contribution in [0.5, 0.6) is 0 Å². The maximum atomic E-state index is 12.4. The second kappa shape index (κ2) is 5.13. The number of non-ortho nitro benzene ring substituents is 1. The average Bonchev–Trinajstić information content (AvgIpc) is 2.94. The number of nitro benzene ring substituents is 1. The predicted molar refractivity (Wildman–Crippen MR) is 83.9 cm³/mol. The number of benzene rings is 1. The molecule has 1 saturated heterocycles. The molecule has 116 valence electrons. The van der Waals surface area contributed by atoms with Gasteiger partial charge in [0.25, 0.3) is 5.69 Å². The topological polar surface area (TPSA) is 107 Å². The summed E-state index contributed by atoms with van der Waals surface area (Å²) in [6.07, 6.45) is 0. The van der Waals surface area contributed by atoms with Gasteiger partial charge in [0.05, 0.1) is 4.92 Å². The van der Waals surface area contributed by atoms with Crippen molar-refractivity contribution in [1.29, 1.82) is 0 Å². The summed E-state index contributed by atoms with van der Waals surface area (Å²) < 4.78 is -1.09. The van der Waals surface area contributed by atoms with Crippen LogP contribution in [-0.4, -0.2) is 40.3 Å². The molecule has 1 fully saturated rings. The van der Waals surface area contributed by atoms with Gasteiger partial charge in [0.2, 0.25) is 0 Å². The molecule has 1 unspecified atom stereocenters. The van der Waals surface area contributed by atoms with Gasteiger partial charge in [-0.05, 0) is 6.07 Å². The third kappa shape index (κ3) is 1.97. The first-order valence-corrected chi connectivity index (χ1v) is 8.33. The molecule has 2 aliphatic rings. The lowest BCUT2D eigenvalue weighted by Crippen LogP contribution is -2.54. The summed E-state index contributed by atoms with van der Waals surface area (Å²) in [5, 5.41) is 22.5. The minimum Gasteiger partial charge on any atom is -0.309 e. The number of nitrogens with zero attached hydrogens (tertiary/aromatic N) is 3. The van der Waals surface area contributed by atoms with Crippen molar-refractivity contribution in [3.8, 4) is 0 Å². The van der Waals surface area contributed by atoms with Crippen LogP contribution in [0.25, 0.3) is 0 Å². The van der Waals surface area contributed by atoms with E-state index in [1.807, 2.05) is 0 Å². The van der Waals surface area contributed by atoms with E-state index in [4.69, 9.17) is 0 Å². The Morgan fingerprint density at radius 3 is 2.45 bits per heavy atom. The van der Waals surface area contributed by atoms with Crippen molar-refractivity contribution in [3.63, 3.8) is 0 Å². The van der Waals surface area contributed by atoms with E-state index in [0.29, 0.717) is 22.8 Å². The monoisotopic (exact) mass is 341 g/mol. The average molecular weight is 341 g/mol. The zero-order valence-electron chi connectivity index (χ0n) is 11.4. The molecule has 1 atom stereocenters. The van der Waals surface area contributed by atoms with E-state index in [1.165, 1.54) is 53.7 Å². The van der Waals surface area contributed by atoms with Crippen molar-refractivity contribution in [2.24, 2.45) is 0 Å². The second-order valence-electron chi connectivity index (χ2n) is 4.91. The molecule has 0 bridgehead atoms. The number of rotatable bonds is 2. The van der Waals surface area contributed by atoms with Gasteiger partial charge in [-0.1, -0.05) is 0 Å². The Kier molecular flexibility index (Phi) is 3.52. The van der Waals surface area contributed by atoms with E-state index >= 15 is 0 Å². The number of anilines is 1. The van der Waals surface area contributed by atoms with Crippen LogP contribution in [0.15, 0.2) is 18.2 Å². The molecule has 2 heterocycles. The number of likely N-dealkylation sites (N-methyl/N-ethyl adjacent to an activating group) is 1. The van der Waals surface area contributed by atoms with Crippen LogP contribution < -0.4 is 4.90 Å². The van der Waals surface area contributed by atoms with Gasteiger partial charge < -0.3 is 4.90 Å². The molecule has 1 amide bonds. The Balaban J connectivity index is 2.27. The highest BCUT2D eigenvalue weighted by molar-refractivity contribution is 8.20. The number of thioether (sulfide) groups is 2. The fraction of sp³-hybridized carbons (Fsp3) is 0.417. The van der Waals surface area contributed by atoms with Crippen LogP contribution in [0.1, 0.15) is 5.56 Å². The maximum Gasteiger partial charge on any atom is 0.317 e. The first kappa shape index (κ1) is 15.1. The molecule has 1 aromatic carbocycles. The summed E-state index contributed by atoms with van der Waals surface area (Å²) in [7, 11) is 1.46. The van der Waals surface area contributed by atoms with E-state index in [9.17, 15) is 25.0 Å². The summed E-state index contributed by atoms with van der Waals surface area (Å²) in [5.74, 6) is 0.732. The number of amides is 1. The fourth-order valence-corrected chi connectivity index (χ4v) is 6.23. The van der Waals surface area contributed by atoms with Gasteiger partial charge in [-0.3, -0.25) is 25.0 Å². The lowest BCUT2D eigenvalue weighted by molar-refractivity contribution is -0.510. The first-order chi connectivity index (χ1) is 10.4. The number of carbonyl (C=O) groups is 1. The lowest BCUT2D eigenvalue weighted by atomic mass is 9.96. The fourth-order valence-electron chi connectivity index (χ4n) is 2.79. The van der Waals surface area contributed by atoms with Crippen LogP contribution in [0, 0.1) is 20.2 Å². The van der Waals surface area contributed by atoms with Crippen LogP contribution in [0.3, 0.4) is 0 Å². The van der Waals surface area contributed by atoms with E-state index in [-0.39, 0.29) is 5.69 Å². The molecule has 1 aromatic rings. The lowest BCUT2D eigenvalue weighted by Gasteiger charge is -2.38. The molecule has 8 nitrogen and oxygen atoms in total. The second-order valence-corrected chi connectivity index (χ2v) is 7.85. The van der Waals surface area contributed by atoms with Gasteiger partial charge in [-0.2, -0.15) is 0 Å². The standard InChI is InChI=1S/C12H11N3O5S2/c1-13-9-3-2-7(14(17)18)6-8(9)12(21-4-5-22-12)10(11(13)16)15(19)20/h2-3,6,10H,4-5H2,1H3. The maximum absolute atomic E-state index is 12.4. The SMILES string of the molecule is CN1C(=O)C([N+](=O)[O-])C2(SCCS2)c2cc([N+](=O)[O-])ccc21. The van der Waals surface area contributed by atoms with E-state index in [1.54, 1.807) is 0 Å². The van der Waals surface area contributed by atoms with Crippen LogP contribution in [0.2, 0.25) is 0 Å². The van der Waals surface area contributed by atoms with E-state index in [0.717, 1.165) is 0 Å². The van der Waals surface area contributed by atoms with Gasteiger partial charge in [0.1, 0.15) is 0 Å². The summed E-state index contributed by atoms with van der Waals surface area (Å²) in [6, 6.07) is 2.72. The van der Waals surface area contributed by atoms with Gasteiger partial charge in [0.15, 0.2) is 4.08 Å². The molecular weight excluding hydrogens is 330 g/mol. The van der Waals surface area contributed by atoms with Crippen LogP contribution in [0.4, 0.5) is 11.4 Å². The molecule has 0 aromatic heterocycles. The number of nitro groups is 2. The van der Waals surface area contributed by atoms with Gasteiger partial charge >= 0.3 is 11.9 Å². The molecule has 0 N–H and O–H groups in total. The molecule has 3 rings (SSSR count). The normalized spacial score (nSPS) is 22.7. The van der Waals surface area contributed by atoms with Gasteiger partial charge in [0, 0.05) is 46.9 Å². The van der Waals surface area contributed by atoms with E-state index < -0.39 is 25.9 Å². The minimum atomic E-state index is -1.44. The van der Waals surface area contributed by atoms with Crippen molar-refractivity contribution in [2.45, 2.75) is 10.1 Å². The highest BCUT2D eigenvalue weighted by Crippen LogP contribution is 2.59. The Labute approximate surface area is 133 Å². The third-order valence-electron chi connectivity index (χ3n) is 3.78. The largest absolute Gasteiger partial charge is 0.317 e. The number of carbonyl (C=O) groups excluding carboxylic acids is 1. The molecule has 0 saturated carbocycles. The minimum absolute atomic E-state index is 0.129. The molecule has 0 radical (unpaired) electrons. The van der Waals surface area contributed by atoms with E-state index in [2.05, 4.69) is 0 Å². The molecular formula is C12H11N3O5S2. The van der Waals surface area contributed by atoms with Crippen LogP contribution >= 0.6 is 23.5 Å². The van der Waals surface area contributed by atoms with Crippen molar-refractivity contribution in [2.75, 3.05) is 23.5 Å². The van der Waals surface area contributed by atoms with Crippen molar-refractivity contribution in [3.05, 3.63) is 44.0 Å². The van der Waals surface area contributed by atoms with Crippen molar-refractivity contribution < 1.29 is 14.6 Å². The van der Waals surface area contributed by atoms with Gasteiger partial charge in [-0.15, -0.1) is 23.5 Å². The molecule has 0 aliphatic carbocycles. The molecule has 1 spiro atoms. The smallest absolute Gasteiger partial charge is 0.309 e. The van der Waals surface area contributed by atoms with Gasteiger partial charge in [-0.25, -0.2) is 0 Å². The number of hydrogen-bond donors (Lipinski definition) is 0. The van der Waals surface area contributed by atoms with Crippen molar-refractivity contribution in [1.82, 2.24) is 0 Å². The molecule has 10 heteroatoms. The number of hydrogen-bond acceptors (Lipinski definition) is 7. The third-order valence-corrected chi connectivity index (χ3v) is 7.31. The summed E-state index contributed by atoms with van der Waals surface area (Å²) in [4.78, 5) is 35.1. The predicted octanol–water partition coefficient (Wildman–Crippen LogP) is 1.85. The highest BCUT2D eigenvalue weighted by atomic mass is 32.2. The zero-order chi connectivity index (χ0) is 16.1. The summed E-state index contributed by atoms with van der Waals surface area (Å²) >= 11 is 2.64. The Morgan fingerprint density at radius 1 is 1.27 bits per heavy atom. The first-order valence-electron chi connectivity index (χ1n) is 6.36. The van der Waals surface area contributed by atoms with Crippen molar-refractivity contribution >= 4 is 40.8 Å². The zero-order valence-corrected chi connectivity index (χ0v) is 13.1. The Bertz CT molecular complexity index is 689. The molecule has 2 aliphatic heterocycles. The summed E-state index contributed by atoms with van der Waals surface area (Å²) in [5.41, 5.74) is 0.852. The Hall–Kier alpha value is -1.81. The van der Waals surface area contributed by atoms with Crippen LogP contribution in [-0.2, 0) is 8.87 Å². The number of fused-ring (bicyclic) bond motifs is 2.